The van der Waals surface area contributed by atoms with Gasteiger partial charge in [-0.2, -0.15) is 0 Å². The van der Waals surface area contributed by atoms with E-state index in [1.165, 1.54) is 10.9 Å². The fourth-order valence-electron chi connectivity index (χ4n) is 6.07. The lowest BCUT2D eigenvalue weighted by Crippen LogP contribution is -2.12. The molecule has 220 valence electrons. The predicted molar refractivity (Wildman–Crippen MR) is 186 cm³/mol. The molecule has 0 radical (unpaired) electrons. The topological polar surface area (TPSA) is 56.0 Å². The molecule has 0 atom stereocenters. The van der Waals surface area contributed by atoms with Crippen molar-refractivity contribution in [2.45, 2.75) is 26.2 Å². The SMILES string of the molecule is CC(C)(C)c1ccnc(-n2c3ccccc3c3ccc(Oc4ccc5oc6ccccc6c6cccc(Cl)c6[nH]c5c4)cc32)c1. The highest BCUT2D eigenvalue weighted by Gasteiger charge is 2.18. The smallest absolute Gasteiger partial charge is 0.151 e. The highest BCUT2D eigenvalue weighted by molar-refractivity contribution is 6.35. The van der Waals surface area contributed by atoms with Gasteiger partial charge in [0.1, 0.15) is 22.9 Å². The van der Waals surface area contributed by atoms with Crippen molar-refractivity contribution in [2.75, 3.05) is 0 Å². The number of rotatable bonds is 3. The van der Waals surface area contributed by atoms with Crippen LogP contribution in [0.4, 0.5) is 0 Å². The standard InChI is InChI=1S/C39H30ClN3O2/c1-39(2,3)24-19-20-41-37(21-24)43-33-13-6-4-9-27(33)28-17-15-26(23-34(28)43)44-25-16-18-36-32(22-25)42-38-30(11-8-12-31(38)40)29-10-5-7-14-35(29)45-36/h4-23,42H,1-3H3. The molecule has 0 spiro atoms. The first-order valence-electron chi connectivity index (χ1n) is 15.0. The van der Waals surface area contributed by atoms with Crippen LogP contribution in [-0.4, -0.2) is 14.5 Å². The van der Waals surface area contributed by atoms with Gasteiger partial charge in [-0.15, -0.1) is 0 Å². The molecule has 0 aliphatic rings. The second-order valence-electron chi connectivity index (χ2n) is 12.3. The van der Waals surface area contributed by atoms with Crippen LogP contribution >= 0.6 is 11.6 Å². The third kappa shape index (κ3) is 4.77. The summed E-state index contributed by atoms with van der Waals surface area (Å²) in [7, 11) is 0. The van der Waals surface area contributed by atoms with Crippen LogP contribution in [0.2, 0.25) is 5.02 Å². The summed E-state index contributed by atoms with van der Waals surface area (Å²) < 4.78 is 15.1. The van der Waals surface area contributed by atoms with Gasteiger partial charge in [-0.3, -0.25) is 4.57 Å². The first-order chi connectivity index (χ1) is 21.8. The number of nitrogens with zero attached hydrogens (tertiary/aromatic N) is 2. The number of fused-ring (bicyclic) bond motifs is 7. The van der Waals surface area contributed by atoms with Crippen LogP contribution in [0.15, 0.2) is 126 Å². The van der Waals surface area contributed by atoms with E-state index in [1.807, 2.05) is 72.9 Å². The Bertz CT molecular complexity index is 2480. The minimum absolute atomic E-state index is 0.000361. The van der Waals surface area contributed by atoms with Gasteiger partial charge >= 0.3 is 0 Å². The zero-order valence-corrected chi connectivity index (χ0v) is 25.9. The van der Waals surface area contributed by atoms with Crippen LogP contribution in [0.1, 0.15) is 26.3 Å². The molecule has 5 nitrogen and oxygen atoms in total. The molecule has 0 aliphatic heterocycles. The molecule has 8 aromatic rings. The molecule has 0 bridgehead atoms. The number of H-pyrrole nitrogens is 1. The Labute approximate surface area is 265 Å². The van der Waals surface area contributed by atoms with Gasteiger partial charge in [0, 0.05) is 39.9 Å². The Morgan fingerprint density at radius 1 is 0.689 bits per heavy atom. The maximum Gasteiger partial charge on any atom is 0.151 e. The van der Waals surface area contributed by atoms with E-state index < -0.39 is 0 Å². The predicted octanol–water partition coefficient (Wildman–Crippen LogP) is 11.4. The van der Waals surface area contributed by atoms with Crippen LogP contribution in [0.25, 0.3) is 60.6 Å². The number of ether oxygens (including phenoxy) is 1. The number of aromatic nitrogens is 3. The molecule has 0 unspecified atom stereocenters. The highest BCUT2D eigenvalue weighted by Crippen LogP contribution is 2.36. The highest BCUT2D eigenvalue weighted by atomic mass is 35.5. The largest absolute Gasteiger partial charge is 0.457 e. The van der Waals surface area contributed by atoms with Crippen LogP contribution in [0.3, 0.4) is 0 Å². The van der Waals surface area contributed by atoms with Gasteiger partial charge < -0.3 is 14.1 Å². The molecular weight excluding hydrogens is 578 g/mol. The van der Waals surface area contributed by atoms with E-state index in [-0.39, 0.29) is 5.41 Å². The number of benzene rings is 5. The Morgan fingerprint density at radius 2 is 1.42 bits per heavy atom. The van der Waals surface area contributed by atoms with Crippen molar-refractivity contribution in [3.63, 3.8) is 0 Å². The van der Waals surface area contributed by atoms with Crippen molar-refractivity contribution >= 4 is 66.4 Å². The fraction of sp³-hybridized carbons (Fsp3) is 0.103. The molecule has 3 heterocycles. The molecule has 8 rings (SSSR count). The average Bonchev–Trinajstić information content (AvgIpc) is 3.36. The van der Waals surface area contributed by atoms with Gasteiger partial charge in [0.15, 0.2) is 5.58 Å². The lowest BCUT2D eigenvalue weighted by atomic mass is 9.88. The van der Waals surface area contributed by atoms with Crippen molar-refractivity contribution < 1.29 is 9.15 Å². The molecule has 5 aromatic carbocycles. The summed E-state index contributed by atoms with van der Waals surface area (Å²) in [6.45, 7) is 6.66. The van der Waals surface area contributed by atoms with Gasteiger partial charge in [-0.25, -0.2) is 4.98 Å². The zero-order valence-electron chi connectivity index (χ0n) is 25.1. The van der Waals surface area contributed by atoms with Crippen molar-refractivity contribution in [1.82, 2.24) is 14.5 Å². The van der Waals surface area contributed by atoms with E-state index in [4.69, 9.17) is 25.7 Å². The average molecular weight is 608 g/mol. The Kier molecular flexibility index (Phi) is 6.33. The van der Waals surface area contributed by atoms with Crippen molar-refractivity contribution in [3.8, 4) is 17.3 Å². The van der Waals surface area contributed by atoms with E-state index in [1.54, 1.807) is 0 Å². The lowest BCUT2D eigenvalue weighted by Gasteiger charge is -2.20. The van der Waals surface area contributed by atoms with Crippen LogP contribution in [0, 0.1) is 0 Å². The molecular formula is C39H30ClN3O2. The van der Waals surface area contributed by atoms with E-state index in [0.29, 0.717) is 22.1 Å². The van der Waals surface area contributed by atoms with E-state index in [2.05, 4.69) is 78.9 Å². The Balaban J connectivity index is 1.28. The zero-order chi connectivity index (χ0) is 30.7. The summed E-state index contributed by atoms with van der Waals surface area (Å²) in [6.07, 6.45) is 1.90. The van der Waals surface area contributed by atoms with Gasteiger partial charge in [0.2, 0.25) is 0 Å². The summed E-state index contributed by atoms with van der Waals surface area (Å²) in [5.41, 5.74) is 6.38. The molecule has 3 aromatic heterocycles. The third-order valence-electron chi connectivity index (χ3n) is 8.34. The van der Waals surface area contributed by atoms with Gasteiger partial charge in [0.05, 0.1) is 27.1 Å². The maximum atomic E-state index is 6.72. The normalized spacial score (nSPS) is 12.0. The van der Waals surface area contributed by atoms with Crippen molar-refractivity contribution in [2.24, 2.45) is 0 Å². The van der Waals surface area contributed by atoms with E-state index >= 15 is 0 Å². The molecule has 0 saturated carbocycles. The summed E-state index contributed by atoms with van der Waals surface area (Å²) in [5, 5.41) is 4.88. The van der Waals surface area contributed by atoms with Crippen LogP contribution in [0.5, 0.6) is 11.5 Å². The fourth-order valence-corrected chi connectivity index (χ4v) is 6.29. The molecule has 1 N–H and O–H groups in total. The number of aromatic amines is 1. The molecule has 6 heteroatoms. The quantitative estimate of drug-likeness (QED) is 0.217. The Hall–Kier alpha value is -5.26. The third-order valence-corrected chi connectivity index (χ3v) is 8.66. The van der Waals surface area contributed by atoms with Crippen LogP contribution < -0.4 is 4.74 Å². The number of pyridine rings is 1. The number of para-hydroxylation sites is 3. The molecule has 0 fully saturated rings. The molecule has 45 heavy (non-hydrogen) atoms. The maximum absolute atomic E-state index is 6.72. The first-order valence-corrected chi connectivity index (χ1v) is 15.4. The van der Waals surface area contributed by atoms with E-state index in [0.717, 1.165) is 49.6 Å². The molecule has 0 aliphatic carbocycles. The van der Waals surface area contributed by atoms with Gasteiger partial charge in [-0.05, 0) is 65.6 Å². The minimum Gasteiger partial charge on any atom is -0.457 e. The Morgan fingerprint density at radius 3 is 2.29 bits per heavy atom. The summed E-state index contributed by atoms with van der Waals surface area (Å²) >= 11 is 6.72. The van der Waals surface area contributed by atoms with Gasteiger partial charge in [-0.1, -0.05) is 80.9 Å². The van der Waals surface area contributed by atoms with Crippen molar-refractivity contribution in [3.05, 3.63) is 132 Å². The van der Waals surface area contributed by atoms with E-state index in [9.17, 15) is 0 Å². The lowest BCUT2D eigenvalue weighted by molar-refractivity contribution is 0.483. The number of hydrogen-bond acceptors (Lipinski definition) is 3. The number of hydrogen-bond donors (Lipinski definition) is 1. The first kappa shape index (κ1) is 27.3. The second-order valence-corrected chi connectivity index (χ2v) is 12.7. The van der Waals surface area contributed by atoms with Crippen molar-refractivity contribution in [1.29, 1.82) is 0 Å². The molecule has 0 saturated heterocycles. The minimum atomic E-state index is -0.000361. The van der Waals surface area contributed by atoms with Crippen LogP contribution in [-0.2, 0) is 5.41 Å². The summed E-state index contributed by atoms with van der Waals surface area (Å²) in [5.74, 6) is 2.26. The molecule has 0 amide bonds. The number of halogens is 1. The summed E-state index contributed by atoms with van der Waals surface area (Å²) in [4.78, 5) is 8.33. The second kappa shape index (κ2) is 10.4. The monoisotopic (exact) mass is 607 g/mol. The van der Waals surface area contributed by atoms with Gasteiger partial charge in [0.25, 0.3) is 0 Å². The summed E-state index contributed by atoms with van der Waals surface area (Å²) in [6, 6.07) is 38.6. The number of nitrogens with one attached hydrogen (secondary N) is 1.